The van der Waals surface area contributed by atoms with E-state index in [9.17, 15) is 20.4 Å². The predicted octanol–water partition coefficient (Wildman–Crippen LogP) is 3.44. The molecule has 184 valence electrons. The van der Waals surface area contributed by atoms with Crippen LogP contribution in [0.25, 0.3) is 0 Å². The van der Waals surface area contributed by atoms with Gasteiger partial charge in [-0.15, -0.1) is 0 Å². The molecular weight excluding hydrogens is 547 g/mol. The SMILES string of the molecule is OC[C@H]1OC(c2ccc(CI)c(Cc3ccc(OC4CC5(CCC5)C4)cc3)c2)[C@H](O)[C@@H](O)[C@@H]1O. The number of halogens is 1. The summed E-state index contributed by atoms with van der Waals surface area (Å²) in [6.45, 7) is -0.434. The Kier molecular flexibility index (Phi) is 7.21. The van der Waals surface area contributed by atoms with E-state index in [0.717, 1.165) is 33.3 Å². The van der Waals surface area contributed by atoms with Crippen LogP contribution in [0.3, 0.4) is 0 Å². The fraction of sp³-hybridized carbons (Fsp3) is 0.556. The van der Waals surface area contributed by atoms with Crippen molar-refractivity contribution in [2.45, 2.75) is 79.6 Å². The molecule has 4 N–H and O–H groups in total. The molecule has 0 aromatic heterocycles. The molecule has 2 aromatic rings. The van der Waals surface area contributed by atoms with Crippen molar-refractivity contribution in [1.82, 2.24) is 0 Å². The summed E-state index contributed by atoms with van der Waals surface area (Å²) in [5.41, 5.74) is 4.79. The molecule has 3 aliphatic rings. The van der Waals surface area contributed by atoms with Crippen LogP contribution in [0.1, 0.15) is 60.5 Å². The van der Waals surface area contributed by atoms with Gasteiger partial charge in [-0.2, -0.15) is 0 Å². The Morgan fingerprint density at radius 2 is 1.68 bits per heavy atom. The van der Waals surface area contributed by atoms with E-state index in [2.05, 4.69) is 34.7 Å². The van der Waals surface area contributed by atoms with E-state index in [1.54, 1.807) is 0 Å². The minimum atomic E-state index is -1.38. The van der Waals surface area contributed by atoms with Gasteiger partial charge in [0.1, 0.15) is 36.3 Å². The van der Waals surface area contributed by atoms with Crippen molar-refractivity contribution in [2.75, 3.05) is 6.61 Å². The van der Waals surface area contributed by atoms with Crippen LogP contribution in [-0.2, 0) is 15.6 Å². The largest absolute Gasteiger partial charge is 0.490 e. The molecule has 2 aliphatic carbocycles. The zero-order valence-electron chi connectivity index (χ0n) is 19.1. The molecule has 0 amide bonds. The van der Waals surface area contributed by atoms with Crippen LogP contribution in [0.2, 0.25) is 0 Å². The first-order valence-corrected chi connectivity index (χ1v) is 13.7. The van der Waals surface area contributed by atoms with Gasteiger partial charge in [-0.3, -0.25) is 0 Å². The third-order valence-corrected chi connectivity index (χ3v) is 8.77. The van der Waals surface area contributed by atoms with Gasteiger partial charge >= 0.3 is 0 Å². The lowest BCUT2D eigenvalue weighted by molar-refractivity contribution is -0.231. The monoisotopic (exact) mass is 580 g/mol. The molecular formula is C27H33IO6. The molecule has 1 aliphatic heterocycles. The molecule has 3 fully saturated rings. The van der Waals surface area contributed by atoms with Crippen molar-refractivity contribution in [3.63, 3.8) is 0 Å². The highest BCUT2D eigenvalue weighted by Crippen LogP contribution is 2.56. The lowest BCUT2D eigenvalue weighted by Crippen LogP contribution is -2.55. The molecule has 0 bridgehead atoms. The number of aliphatic hydroxyl groups excluding tert-OH is 4. The van der Waals surface area contributed by atoms with Crippen LogP contribution in [-0.4, -0.2) is 57.6 Å². The maximum Gasteiger partial charge on any atom is 0.119 e. The highest BCUT2D eigenvalue weighted by Gasteiger charge is 2.49. The van der Waals surface area contributed by atoms with Crippen molar-refractivity contribution >= 4 is 22.6 Å². The minimum Gasteiger partial charge on any atom is -0.490 e. The molecule has 7 heteroatoms. The molecule has 0 radical (unpaired) electrons. The summed E-state index contributed by atoms with van der Waals surface area (Å²) in [5.74, 6) is 0.923. The Labute approximate surface area is 214 Å². The summed E-state index contributed by atoms with van der Waals surface area (Å²) >= 11 is 2.34. The van der Waals surface area contributed by atoms with Gasteiger partial charge < -0.3 is 29.9 Å². The first-order chi connectivity index (χ1) is 16.4. The Bertz CT molecular complexity index is 981. The van der Waals surface area contributed by atoms with Gasteiger partial charge in [0, 0.05) is 4.43 Å². The first-order valence-electron chi connectivity index (χ1n) is 12.2. The van der Waals surface area contributed by atoms with E-state index < -0.39 is 37.1 Å². The molecule has 6 nitrogen and oxygen atoms in total. The normalized spacial score (nSPS) is 30.6. The van der Waals surface area contributed by atoms with Gasteiger partial charge in [-0.25, -0.2) is 0 Å². The van der Waals surface area contributed by atoms with Gasteiger partial charge in [-0.05, 0) is 71.9 Å². The Morgan fingerprint density at radius 1 is 0.941 bits per heavy atom. The zero-order chi connectivity index (χ0) is 23.9. The second-order valence-corrected chi connectivity index (χ2v) is 11.0. The first kappa shape index (κ1) is 24.5. The van der Waals surface area contributed by atoms with Crippen molar-refractivity contribution in [3.05, 3.63) is 64.7 Å². The Hall–Kier alpha value is -1.23. The molecule has 2 aromatic carbocycles. The van der Waals surface area contributed by atoms with Gasteiger partial charge in [0.25, 0.3) is 0 Å². The number of hydrogen-bond acceptors (Lipinski definition) is 6. The van der Waals surface area contributed by atoms with Crippen LogP contribution in [0.4, 0.5) is 0 Å². The van der Waals surface area contributed by atoms with Crippen molar-refractivity contribution in [1.29, 1.82) is 0 Å². The average Bonchev–Trinajstić information content (AvgIpc) is 2.79. The van der Waals surface area contributed by atoms with Crippen LogP contribution >= 0.6 is 22.6 Å². The summed E-state index contributed by atoms with van der Waals surface area (Å²) in [6.07, 6.45) is 1.81. The lowest BCUT2D eigenvalue weighted by atomic mass is 9.55. The minimum absolute atomic E-state index is 0.354. The molecule has 1 saturated heterocycles. The number of benzene rings is 2. The van der Waals surface area contributed by atoms with Crippen molar-refractivity contribution < 1.29 is 29.9 Å². The third kappa shape index (κ3) is 4.75. The molecule has 1 unspecified atom stereocenters. The van der Waals surface area contributed by atoms with Crippen LogP contribution in [0, 0.1) is 5.41 Å². The topological polar surface area (TPSA) is 99.4 Å². The van der Waals surface area contributed by atoms with Crippen LogP contribution < -0.4 is 4.74 Å². The number of hydrogen-bond donors (Lipinski definition) is 4. The quantitative estimate of drug-likeness (QED) is 0.296. The van der Waals surface area contributed by atoms with E-state index in [-0.39, 0.29) is 0 Å². The van der Waals surface area contributed by atoms with E-state index in [1.165, 1.54) is 37.7 Å². The summed E-state index contributed by atoms with van der Waals surface area (Å²) in [4.78, 5) is 0. The highest BCUT2D eigenvalue weighted by atomic mass is 127. The van der Waals surface area contributed by atoms with Crippen LogP contribution in [0.15, 0.2) is 42.5 Å². The molecule has 5 atom stereocenters. The van der Waals surface area contributed by atoms with E-state index >= 15 is 0 Å². The van der Waals surface area contributed by atoms with E-state index in [1.807, 2.05) is 30.3 Å². The summed E-state index contributed by atoms with van der Waals surface area (Å²) in [7, 11) is 0. The molecule has 2 saturated carbocycles. The van der Waals surface area contributed by atoms with Crippen LogP contribution in [0.5, 0.6) is 5.75 Å². The van der Waals surface area contributed by atoms with Gasteiger partial charge in [0.05, 0.1) is 12.7 Å². The second-order valence-electron chi connectivity index (χ2n) is 10.2. The van der Waals surface area contributed by atoms with E-state index in [4.69, 9.17) is 9.47 Å². The number of aliphatic hydroxyl groups is 4. The van der Waals surface area contributed by atoms with Gasteiger partial charge in [0.2, 0.25) is 0 Å². The fourth-order valence-electron chi connectivity index (χ4n) is 5.67. The summed E-state index contributed by atoms with van der Waals surface area (Å²) in [5, 5.41) is 40.3. The number of rotatable bonds is 7. The van der Waals surface area contributed by atoms with Gasteiger partial charge in [0.15, 0.2) is 0 Å². The number of alkyl halides is 1. The smallest absolute Gasteiger partial charge is 0.119 e. The average molecular weight is 580 g/mol. The maximum atomic E-state index is 10.5. The van der Waals surface area contributed by atoms with E-state index in [0.29, 0.717) is 11.5 Å². The van der Waals surface area contributed by atoms with Crippen molar-refractivity contribution in [2.24, 2.45) is 5.41 Å². The molecule has 34 heavy (non-hydrogen) atoms. The molecule has 1 heterocycles. The Morgan fingerprint density at radius 3 is 2.29 bits per heavy atom. The van der Waals surface area contributed by atoms with Crippen molar-refractivity contribution in [3.8, 4) is 5.75 Å². The standard InChI is InChI=1S/C27H33IO6/c28-14-18-5-4-17(26-25(32)24(31)23(30)22(15-29)34-26)11-19(18)10-16-2-6-20(7-3-16)33-21-12-27(13-21)8-1-9-27/h2-7,11,21-26,29-32H,1,8-10,12-15H2/t22-,23-,24+,25-,26?/m1/s1. The lowest BCUT2D eigenvalue weighted by Gasteiger charge is -2.53. The third-order valence-electron chi connectivity index (χ3n) is 7.95. The molecule has 1 spiro atoms. The summed E-state index contributed by atoms with van der Waals surface area (Å²) in [6, 6.07) is 14.2. The van der Waals surface area contributed by atoms with Gasteiger partial charge in [-0.1, -0.05) is 59.3 Å². The second kappa shape index (κ2) is 10.0. The summed E-state index contributed by atoms with van der Waals surface area (Å²) < 4.78 is 12.8. The Balaban J connectivity index is 1.28. The fourth-order valence-corrected chi connectivity index (χ4v) is 6.41. The highest BCUT2D eigenvalue weighted by molar-refractivity contribution is 14.1. The maximum absolute atomic E-state index is 10.5. The number of ether oxygens (including phenoxy) is 2. The zero-order valence-corrected chi connectivity index (χ0v) is 21.3. The predicted molar refractivity (Wildman–Crippen MR) is 136 cm³/mol. The molecule has 5 rings (SSSR count).